The summed E-state index contributed by atoms with van der Waals surface area (Å²) < 4.78 is 5.07. The van der Waals surface area contributed by atoms with Crippen LogP contribution in [-0.2, 0) is 14.4 Å². The monoisotopic (exact) mass is 292 g/mol. The Bertz CT molecular complexity index is 599. The number of anilines is 2. The van der Waals surface area contributed by atoms with Crippen LogP contribution in [0.5, 0.6) is 5.75 Å². The second kappa shape index (κ2) is 5.82. The van der Waals surface area contributed by atoms with Crippen LogP contribution in [0.25, 0.3) is 0 Å². The van der Waals surface area contributed by atoms with E-state index in [1.807, 2.05) is 0 Å². The van der Waals surface area contributed by atoms with Gasteiger partial charge in [0.15, 0.2) is 0 Å². The Balaban J connectivity index is 2.15. The van der Waals surface area contributed by atoms with E-state index in [1.165, 1.54) is 14.0 Å². The predicted molar refractivity (Wildman–Crippen MR) is 75.2 cm³/mol. The van der Waals surface area contributed by atoms with Crippen LogP contribution < -0.4 is 15.4 Å². The lowest BCUT2D eigenvalue weighted by Crippen LogP contribution is -2.18. The van der Waals surface area contributed by atoms with Gasteiger partial charge in [-0.1, -0.05) is 0 Å². The van der Waals surface area contributed by atoms with Crippen LogP contribution in [0.1, 0.15) is 13.3 Å². The Morgan fingerprint density at radius 2 is 1.90 bits per heavy atom. The molecule has 0 saturated heterocycles. The highest BCUT2D eigenvalue weighted by molar-refractivity contribution is 6.02. The first-order valence-electron chi connectivity index (χ1n) is 6.41. The highest BCUT2D eigenvalue weighted by atomic mass is 16.5. The third kappa shape index (κ3) is 3.50. The SMILES string of the molecule is COc1ccc(NC(C)=O)c(NC(=O)[C@@H]2C[C@H]2C(=O)O)c1. The summed E-state index contributed by atoms with van der Waals surface area (Å²) >= 11 is 0. The van der Waals surface area contributed by atoms with Crippen molar-refractivity contribution in [2.75, 3.05) is 17.7 Å². The fraction of sp³-hybridized carbons (Fsp3) is 0.357. The van der Waals surface area contributed by atoms with Gasteiger partial charge in [0.1, 0.15) is 5.75 Å². The Labute approximate surface area is 121 Å². The summed E-state index contributed by atoms with van der Waals surface area (Å²) in [6.45, 7) is 1.36. The number of carbonyl (C=O) groups excluding carboxylic acids is 2. The molecule has 0 spiro atoms. The molecule has 0 unspecified atom stereocenters. The lowest BCUT2D eigenvalue weighted by molar-refractivity contribution is -0.139. The quantitative estimate of drug-likeness (QED) is 0.759. The summed E-state index contributed by atoms with van der Waals surface area (Å²) in [5, 5.41) is 14.1. The summed E-state index contributed by atoms with van der Waals surface area (Å²) in [5.41, 5.74) is 0.815. The van der Waals surface area contributed by atoms with Crippen LogP contribution in [0, 0.1) is 11.8 Å². The van der Waals surface area contributed by atoms with E-state index in [0.29, 0.717) is 23.5 Å². The zero-order valence-electron chi connectivity index (χ0n) is 11.7. The number of ether oxygens (including phenoxy) is 1. The molecule has 0 radical (unpaired) electrons. The molecule has 1 aliphatic carbocycles. The molecule has 2 amide bonds. The smallest absolute Gasteiger partial charge is 0.307 e. The fourth-order valence-electron chi connectivity index (χ4n) is 2.04. The molecule has 2 rings (SSSR count). The van der Waals surface area contributed by atoms with Gasteiger partial charge in [0.2, 0.25) is 11.8 Å². The van der Waals surface area contributed by atoms with Crippen molar-refractivity contribution in [3.63, 3.8) is 0 Å². The number of hydrogen-bond acceptors (Lipinski definition) is 4. The van der Waals surface area contributed by atoms with Crippen molar-refractivity contribution in [1.29, 1.82) is 0 Å². The predicted octanol–water partition coefficient (Wildman–Crippen LogP) is 1.31. The largest absolute Gasteiger partial charge is 0.497 e. The maximum atomic E-state index is 12.0. The molecule has 1 aromatic carbocycles. The molecule has 0 aromatic heterocycles. The van der Waals surface area contributed by atoms with E-state index in [-0.39, 0.29) is 11.8 Å². The minimum Gasteiger partial charge on any atom is -0.497 e. The summed E-state index contributed by atoms with van der Waals surface area (Å²) in [5.74, 6) is -2.25. The molecule has 0 heterocycles. The third-order valence-corrected chi connectivity index (χ3v) is 3.24. The number of hydrogen-bond donors (Lipinski definition) is 3. The lowest BCUT2D eigenvalue weighted by atomic mass is 10.2. The molecule has 0 aliphatic heterocycles. The van der Waals surface area contributed by atoms with E-state index < -0.39 is 17.8 Å². The molecule has 112 valence electrons. The Morgan fingerprint density at radius 3 is 2.43 bits per heavy atom. The van der Waals surface area contributed by atoms with Gasteiger partial charge in [-0.2, -0.15) is 0 Å². The van der Waals surface area contributed by atoms with Crippen molar-refractivity contribution in [2.24, 2.45) is 11.8 Å². The van der Waals surface area contributed by atoms with Gasteiger partial charge < -0.3 is 20.5 Å². The van der Waals surface area contributed by atoms with E-state index >= 15 is 0 Å². The number of carboxylic acid groups (broad SMARTS) is 1. The minimum absolute atomic E-state index is 0.273. The van der Waals surface area contributed by atoms with E-state index in [9.17, 15) is 14.4 Å². The van der Waals surface area contributed by atoms with Crippen molar-refractivity contribution in [3.8, 4) is 5.75 Å². The first-order chi connectivity index (χ1) is 9.92. The fourth-order valence-corrected chi connectivity index (χ4v) is 2.04. The van der Waals surface area contributed by atoms with Gasteiger partial charge in [-0.15, -0.1) is 0 Å². The molecule has 7 heteroatoms. The van der Waals surface area contributed by atoms with Crippen LogP contribution in [0.15, 0.2) is 18.2 Å². The van der Waals surface area contributed by atoms with Crippen LogP contribution in [0.2, 0.25) is 0 Å². The van der Waals surface area contributed by atoms with E-state index in [1.54, 1.807) is 18.2 Å². The zero-order valence-corrected chi connectivity index (χ0v) is 11.7. The molecule has 21 heavy (non-hydrogen) atoms. The van der Waals surface area contributed by atoms with Crippen molar-refractivity contribution in [1.82, 2.24) is 0 Å². The molecular formula is C14H16N2O5. The topological polar surface area (TPSA) is 105 Å². The van der Waals surface area contributed by atoms with E-state index in [4.69, 9.17) is 9.84 Å². The molecule has 1 aromatic rings. The standard InChI is InChI=1S/C14H16N2O5/c1-7(17)15-11-4-3-8(21-2)5-12(11)16-13(18)9-6-10(9)14(19)20/h3-5,9-10H,6H2,1-2H3,(H,15,17)(H,16,18)(H,19,20)/t9-,10-/m1/s1. The maximum Gasteiger partial charge on any atom is 0.307 e. The molecule has 3 N–H and O–H groups in total. The maximum absolute atomic E-state index is 12.0. The van der Waals surface area contributed by atoms with Gasteiger partial charge in [0, 0.05) is 13.0 Å². The molecule has 0 bridgehead atoms. The van der Waals surface area contributed by atoms with Crippen LogP contribution in [0.4, 0.5) is 11.4 Å². The number of rotatable bonds is 5. The molecule has 7 nitrogen and oxygen atoms in total. The summed E-state index contributed by atoms with van der Waals surface area (Å²) in [7, 11) is 1.49. The summed E-state index contributed by atoms with van der Waals surface area (Å²) in [6.07, 6.45) is 0.334. The van der Waals surface area contributed by atoms with Crippen molar-refractivity contribution in [2.45, 2.75) is 13.3 Å². The number of carbonyl (C=O) groups is 3. The number of amides is 2. The lowest BCUT2D eigenvalue weighted by Gasteiger charge is -2.13. The van der Waals surface area contributed by atoms with Crippen molar-refractivity contribution < 1.29 is 24.2 Å². The molecule has 1 saturated carbocycles. The first-order valence-corrected chi connectivity index (χ1v) is 6.41. The Morgan fingerprint density at radius 1 is 1.19 bits per heavy atom. The van der Waals surface area contributed by atoms with Gasteiger partial charge in [0.05, 0.1) is 30.3 Å². The van der Waals surface area contributed by atoms with Crippen molar-refractivity contribution >= 4 is 29.2 Å². The Hall–Kier alpha value is -2.57. The van der Waals surface area contributed by atoms with Gasteiger partial charge in [0.25, 0.3) is 0 Å². The molecule has 2 atom stereocenters. The van der Waals surface area contributed by atoms with Gasteiger partial charge >= 0.3 is 5.97 Å². The van der Waals surface area contributed by atoms with Crippen LogP contribution in [0.3, 0.4) is 0 Å². The van der Waals surface area contributed by atoms with Gasteiger partial charge in [-0.25, -0.2) is 0 Å². The molecule has 1 fully saturated rings. The first kappa shape index (κ1) is 14.8. The van der Waals surface area contributed by atoms with Crippen LogP contribution >= 0.6 is 0 Å². The average Bonchev–Trinajstić information content (AvgIpc) is 3.20. The van der Waals surface area contributed by atoms with E-state index in [2.05, 4.69) is 10.6 Å². The highest BCUT2D eigenvalue weighted by Crippen LogP contribution is 2.40. The summed E-state index contributed by atoms with van der Waals surface area (Å²) in [6, 6.07) is 4.83. The normalized spacial score (nSPS) is 19.5. The number of methoxy groups -OCH3 is 1. The number of benzene rings is 1. The van der Waals surface area contributed by atoms with Crippen LogP contribution in [-0.4, -0.2) is 30.0 Å². The number of carboxylic acids is 1. The van der Waals surface area contributed by atoms with Crippen molar-refractivity contribution in [3.05, 3.63) is 18.2 Å². The van der Waals surface area contributed by atoms with Gasteiger partial charge in [-0.3, -0.25) is 14.4 Å². The Kier molecular flexibility index (Phi) is 4.11. The number of nitrogens with one attached hydrogen (secondary N) is 2. The zero-order chi connectivity index (χ0) is 15.6. The highest BCUT2D eigenvalue weighted by Gasteiger charge is 2.48. The number of aliphatic carboxylic acids is 1. The molecule has 1 aliphatic rings. The summed E-state index contributed by atoms with van der Waals surface area (Å²) in [4.78, 5) is 33.9. The second-order valence-corrected chi connectivity index (χ2v) is 4.87. The average molecular weight is 292 g/mol. The second-order valence-electron chi connectivity index (χ2n) is 4.87. The molecular weight excluding hydrogens is 276 g/mol. The third-order valence-electron chi connectivity index (χ3n) is 3.24. The van der Waals surface area contributed by atoms with E-state index in [0.717, 1.165) is 0 Å². The minimum atomic E-state index is -0.970. The van der Waals surface area contributed by atoms with Gasteiger partial charge in [-0.05, 0) is 18.6 Å².